The smallest absolute Gasteiger partial charge is 0.147 e. The van der Waals surface area contributed by atoms with Gasteiger partial charge >= 0.3 is 0 Å². The van der Waals surface area contributed by atoms with E-state index >= 15 is 0 Å². The second-order valence-electron chi connectivity index (χ2n) is 8.11. The van der Waals surface area contributed by atoms with Crippen LogP contribution < -0.4 is 0 Å². The Bertz CT molecular complexity index is 894. The molecule has 0 fully saturated rings. The molecule has 0 radical (unpaired) electrons. The van der Waals surface area contributed by atoms with Crippen LogP contribution in [0.25, 0.3) is 0 Å². The average Bonchev–Trinajstić information content (AvgIpc) is 2.78. The molecule has 3 rings (SSSR count). The summed E-state index contributed by atoms with van der Waals surface area (Å²) in [4.78, 5) is 15.8. The fourth-order valence-electron chi connectivity index (χ4n) is 4.28. The quantitative estimate of drug-likeness (QED) is 0.534. The normalized spacial score (nSPS) is 12.7. The van der Waals surface area contributed by atoms with Crippen molar-refractivity contribution in [2.45, 2.75) is 37.6 Å². The summed E-state index contributed by atoms with van der Waals surface area (Å²) in [6, 6.07) is 27.9. The molecule has 156 valence electrons. The lowest BCUT2D eigenvalue weighted by atomic mass is 9.66. The minimum Gasteiger partial charge on any atom is -0.508 e. The van der Waals surface area contributed by atoms with Gasteiger partial charge in [-0.05, 0) is 55.8 Å². The Morgan fingerprint density at radius 3 is 1.80 bits per heavy atom. The maximum Gasteiger partial charge on any atom is 0.147 e. The molecule has 3 aromatic carbocycles. The summed E-state index contributed by atoms with van der Waals surface area (Å²) in [5, 5.41) is 9.63. The minimum absolute atomic E-state index is 0.144. The first-order valence-electron chi connectivity index (χ1n) is 10.6. The molecule has 3 aromatic rings. The first-order valence-corrected chi connectivity index (χ1v) is 10.6. The van der Waals surface area contributed by atoms with Crippen LogP contribution >= 0.6 is 0 Å². The predicted molar refractivity (Wildman–Crippen MR) is 123 cm³/mol. The van der Waals surface area contributed by atoms with Gasteiger partial charge in [0.15, 0.2) is 0 Å². The molecule has 0 amide bonds. The van der Waals surface area contributed by atoms with Gasteiger partial charge in [-0.2, -0.15) is 0 Å². The molecule has 0 aliphatic heterocycles. The van der Waals surface area contributed by atoms with E-state index in [4.69, 9.17) is 0 Å². The summed E-state index contributed by atoms with van der Waals surface area (Å²) in [5.74, 6) is 0.502. The van der Waals surface area contributed by atoms with Crippen molar-refractivity contribution in [2.24, 2.45) is 0 Å². The molecule has 1 atom stereocenters. The number of carbonyl (C=O) groups excluding carboxylic acids is 1. The summed E-state index contributed by atoms with van der Waals surface area (Å²) in [5.41, 5.74) is 2.52. The molecule has 0 saturated carbocycles. The van der Waals surface area contributed by atoms with Crippen LogP contribution in [-0.2, 0) is 16.6 Å². The Morgan fingerprint density at radius 2 is 1.37 bits per heavy atom. The van der Waals surface area contributed by atoms with E-state index in [1.54, 1.807) is 12.1 Å². The SMILES string of the molecule is CCC(=O)C(C[C@H](Cc1ccc(O)cc1)N(C)C)(c1ccccc1)c1ccccc1. The molecule has 0 bridgehead atoms. The van der Waals surface area contributed by atoms with E-state index in [9.17, 15) is 9.90 Å². The molecular formula is C27H31NO2. The first-order chi connectivity index (χ1) is 14.5. The van der Waals surface area contributed by atoms with E-state index in [1.165, 1.54) is 0 Å². The van der Waals surface area contributed by atoms with Crippen LogP contribution in [0.1, 0.15) is 36.5 Å². The van der Waals surface area contributed by atoms with Gasteiger partial charge in [0.2, 0.25) is 0 Å². The highest BCUT2D eigenvalue weighted by Gasteiger charge is 2.42. The van der Waals surface area contributed by atoms with Crippen LogP contribution in [0, 0.1) is 0 Å². The highest BCUT2D eigenvalue weighted by molar-refractivity contribution is 5.93. The van der Waals surface area contributed by atoms with Gasteiger partial charge < -0.3 is 10.0 Å². The molecular weight excluding hydrogens is 370 g/mol. The van der Waals surface area contributed by atoms with Crippen molar-refractivity contribution in [2.75, 3.05) is 14.1 Å². The molecule has 0 aliphatic carbocycles. The third-order valence-electron chi connectivity index (χ3n) is 6.01. The van der Waals surface area contributed by atoms with E-state index in [-0.39, 0.29) is 17.6 Å². The molecule has 3 heteroatoms. The van der Waals surface area contributed by atoms with Gasteiger partial charge in [-0.15, -0.1) is 0 Å². The molecule has 0 aromatic heterocycles. The van der Waals surface area contributed by atoms with Crippen molar-refractivity contribution in [3.8, 4) is 5.75 Å². The monoisotopic (exact) mass is 401 g/mol. The fourth-order valence-corrected chi connectivity index (χ4v) is 4.28. The number of nitrogens with zero attached hydrogens (tertiary/aromatic N) is 1. The third-order valence-corrected chi connectivity index (χ3v) is 6.01. The topological polar surface area (TPSA) is 40.5 Å². The van der Waals surface area contributed by atoms with Crippen molar-refractivity contribution in [1.29, 1.82) is 0 Å². The number of carbonyl (C=O) groups is 1. The maximum atomic E-state index is 13.6. The van der Waals surface area contributed by atoms with Crippen LogP contribution in [0.4, 0.5) is 0 Å². The number of benzene rings is 3. The van der Waals surface area contributed by atoms with Crippen LogP contribution in [0.3, 0.4) is 0 Å². The summed E-state index contributed by atoms with van der Waals surface area (Å²) < 4.78 is 0. The zero-order valence-corrected chi connectivity index (χ0v) is 18.1. The molecule has 30 heavy (non-hydrogen) atoms. The molecule has 1 N–H and O–H groups in total. The van der Waals surface area contributed by atoms with E-state index in [2.05, 4.69) is 43.3 Å². The lowest BCUT2D eigenvalue weighted by Crippen LogP contribution is -2.44. The Balaban J connectivity index is 2.10. The molecule has 0 saturated heterocycles. The van der Waals surface area contributed by atoms with E-state index in [0.29, 0.717) is 12.8 Å². The van der Waals surface area contributed by atoms with Crippen LogP contribution in [-0.4, -0.2) is 35.9 Å². The summed E-state index contributed by atoms with van der Waals surface area (Å²) in [6.07, 6.45) is 1.95. The zero-order valence-electron chi connectivity index (χ0n) is 18.1. The number of aromatic hydroxyl groups is 1. The van der Waals surface area contributed by atoms with Gasteiger partial charge in [-0.25, -0.2) is 0 Å². The fraction of sp³-hybridized carbons (Fsp3) is 0.296. The molecule has 0 heterocycles. The predicted octanol–water partition coefficient (Wildman–Crippen LogP) is 5.22. The summed E-state index contributed by atoms with van der Waals surface area (Å²) >= 11 is 0. The van der Waals surface area contributed by atoms with Crippen molar-refractivity contribution in [1.82, 2.24) is 4.90 Å². The number of rotatable bonds is 9. The average molecular weight is 402 g/mol. The minimum atomic E-state index is -0.705. The Morgan fingerprint density at radius 1 is 0.867 bits per heavy atom. The van der Waals surface area contributed by atoms with Gasteiger partial charge in [0, 0.05) is 12.5 Å². The van der Waals surface area contributed by atoms with Gasteiger partial charge in [0.25, 0.3) is 0 Å². The third kappa shape index (κ3) is 4.63. The summed E-state index contributed by atoms with van der Waals surface area (Å²) in [6.45, 7) is 1.95. The second-order valence-corrected chi connectivity index (χ2v) is 8.11. The van der Waals surface area contributed by atoms with Gasteiger partial charge in [0.1, 0.15) is 11.5 Å². The Labute approximate surface area is 180 Å². The van der Waals surface area contributed by atoms with Crippen LogP contribution in [0.15, 0.2) is 84.9 Å². The maximum absolute atomic E-state index is 13.6. The van der Waals surface area contributed by atoms with Gasteiger partial charge in [0.05, 0.1) is 5.41 Å². The highest BCUT2D eigenvalue weighted by atomic mass is 16.3. The number of phenolic OH excluding ortho intramolecular Hbond substituents is 1. The van der Waals surface area contributed by atoms with Crippen LogP contribution in [0.5, 0.6) is 5.75 Å². The summed E-state index contributed by atoms with van der Waals surface area (Å²) in [7, 11) is 4.14. The number of Topliss-reactive ketones (excluding diaryl/α,β-unsaturated/α-hetero) is 1. The Hall–Kier alpha value is -2.91. The number of phenols is 1. The standard InChI is InChI=1S/C27H31NO2/c1-4-26(30)27(22-11-7-5-8-12-22,23-13-9-6-10-14-23)20-24(28(2)3)19-21-15-17-25(29)18-16-21/h5-18,24,29H,4,19-20H2,1-3H3/t24-/m0/s1. The van der Waals surface area contributed by atoms with Crippen LogP contribution in [0.2, 0.25) is 0 Å². The lowest BCUT2D eigenvalue weighted by molar-refractivity contribution is -0.123. The van der Waals surface area contributed by atoms with E-state index in [1.807, 2.05) is 55.5 Å². The van der Waals surface area contributed by atoms with Crippen molar-refractivity contribution in [3.05, 3.63) is 102 Å². The van der Waals surface area contributed by atoms with Crippen molar-refractivity contribution >= 4 is 5.78 Å². The number of hydrogen-bond donors (Lipinski definition) is 1. The number of ketones is 1. The van der Waals surface area contributed by atoms with E-state index in [0.717, 1.165) is 23.1 Å². The molecule has 3 nitrogen and oxygen atoms in total. The lowest BCUT2D eigenvalue weighted by Gasteiger charge is -2.39. The van der Waals surface area contributed by atoms with Gasteiger partial charge in [-0.3, -0.25) is 4.79 Å². The van der Waals surface area contributed by atoms with Gasteiger partial charge in [-0.1, -0.05) is 79.7 Å². The number of hydrogen-bond acceptors (Lipinski definition) is 3. The second kappa shape index (κ2) is 9.73. The van der Waals surface area contributed by atoms with E-state index < -0.39 is 5.41 Å². The highest BCUT2D eigenvalue weighted by Crippen LogP contribution is 2.40. The molecule has 0 spiro atoms. The van der Waals surface area contributed by atoms with Crippen molar-refractivity contribution in [3.63, 3.8) is 0 Å². The van der Waals surface area contributed by atoms with Crippen molar-refractivity contribution < 1.29 is 9.90 Å². The first kappa shape index (κ1) is 21.8. The zero-order chi connectivity index (χ0) is 21.6. The Kier molecular flexibility index (Phi) is 7.07. The largest absolute Gasteiger partial charge is 0.508 e. The number of likely N-dealkylation sites (N-methyl/N-ethyl adjacent to an activating group) is 1. The molecule has 0 unspecified atom stereocenters. The molecule has 0 aliphatic rings.